The number of H-pyrrole nitrogens is 2. The molecule has 0 atom stereocenters. The van der Waals surface area contributed by atoms with E-state index in [1.54, 1.807) is 0 Å². The summed E-state index contributed by atoms with van der Waals surface area (Å²) in [4.78, 5) is 12.9. The summed E-state index contributed by atoms with van der Waals surface area (Å²) >= 11 is 0. The van der Waals surface area contributed by atoms with Crippen molar-refractivity contribution in [3.05, 3.63) is 16.3 Å². The third-order valence-corrected chi connectivity index (χ3v) is 1.28. The van der Waals surface area contributed by atoms with Crippen molar-refractivity contribution >= 4 is 0 Å². The van der Waals surface area contributed by atoms with Gasteiger partial charge in [-0.25, -0.2) is 18.7 Å². The Morgan fingerprint density at radius 2 is 2.31 bits per heavy atom. The molecule has 0 aliphatic rings. The average Bonchev–Trinajstić information content (AvgIpc) is 2.45. The first-order valence-electron chi connectivity index (χ1n) is 3.68. The zero-order valence-corrected chi connectivity index (χ0v) is 6.72. The number of halogens is 2. The first-order chi connectivity index (χ1) is 6.18. The molecule has 5 nitrogen and oxygen atoms in total. The Morgan fingerprint density at radius 1 is 1.54 bits per heavy atom. The number of rotatable bonds is 5. The Hall–Kier alpha value is -1.24. The van der Waals surface area contributed by atoms with Crippen LogP contribution in [0.25, 0.3) is 0 Å². The molecule has 1 rings (SSSR count). The van der Waals surface area contributed by atoms with Gasteiger partial charge in [0.25, 0.3) is 6.43 Å². The number of nitrogens with zero attached hydrogens (tertiary/aromatic N) is 1. The third-order valence-electron chi connectivity index (χ3n) is 1.28. The molecular formula is C6H9F2N3O2. The molecule has 0 saturated carbocycles. The van der Waals surface area contributed by atoms with Gasteiger partial charge in [-0.2, -0.15) is 5.10 Å². The smallest absolute Gasteiger partial charge is 0.340 e. The van der Waals surface area contributed by atoms with Crippen LogP contribution in [-0.4, -0.2) is 34.8 Å². The van der Waals surface area contributed by atoms with Crippen LogP contribution in [0.4, 0.5) is 8.78 Å². The molecule has 74 valence electrons. The van der Waals surface area contributed by atoms with E-state index in [9.17, 15) is 13.6 Å². The molecule has 1 aromatic rings. The predicted octanol–water partition coefficient (Wildman–Crippen LogP) is -0.0778. The Morgan fingerprint density at radius 3 is 2.85 bits per heavy atom. The SMILES string of the molecule is O=c1[nH]nc(CCOCC(F)F)[nH]1. The molecule has 1 aromatic heterocycles. The van der Waals surface area contributed by atoms with Gasteiger partial charge < -0.3 is 4.74 Å². The fourth-order valence-electron chi connectivity index (χ4n) is 0.765. The molecule has 2 N–H and O–H groups in total. The highest BCUT2D eigenvalue weighted by Crippen LogP contribution is 1.93. The number of ether oxygens (including phenoxy) is 1. The van der Waals surface area contributed by atoms with Crippen LogP contribution in [0.3, 0.4) is 0 Å². The van der Waals surface area contributed by atoms with Gasteiger partial charge in [0.2, 0.25) is 0 Å². The summed E-state index contributed by atoms with van der Waals surface area (Å²) in [5, 5.41) is 5.73. The molecule has 0 spiro atoms. The molecule has 0 fully saturated rings. The molecule has 0 unspecified atom stereocenters. The lowest BCUT2D eigenvalue weighted by Crippen LogP contribution is -2.08. The van der Waals surface area contributed by atoms with Crippen molar-refractivity contribution < 1.29 is 13.5 Å². The largest absolute Gasteiger partial charge is 0.375 e. The second kappa shape index (κ2) is 4.70. The summed E-state index contributed by atoms with van der Waals surface area (Å²) in [6.45, 7) is -0.472. The maximum absolute atomic E-state index is 11.6. The Kier molecular flexibility index (Phi) is 3.56. The lowest BCUT2D eigenvalue weighted by atomic mass is 10.4. The van der Waals surface area contributed by atoms with Crippen LogP contribution in [0.5, 0.6) is 0 Å². The van der Waals surface area contributed by atoms with E-state index in [0.717, 1.165) is 0 Å². The van der Waals surface area contributed by atoms with Gasteiger partial charge >= 0.3 is 5.69 Å². The van der Waals surface area contributed by atoms with Crippen LogP contribution in [0.15, 0.2) is 4.79 Å². The van der Waals surface area contributed by atoms with E-state index in [0.29, 0.717) is 12.2 Å². The van der Waals surface area contributed by atoms with Crippen molar-refractivity contribution in [3.63, 3.8) is 0 Å². The molecule has 13 heavy (non-hydrogen) atoms. The first-order valence-corrected chi connectivity index (χ1v) is 3.68. The minimum absolute atomic E-state index is 0.116. The summed E-state index contributed by atoms with van der Waals surface area (Å²) in [5.41, 5.74) is -0.413. The van der Waals surface area contributed by atoms with Crippen molar-refractivity contribution in [1.82, 2.24) is 15.2 Å². The van der Waals surface area contributed by atoms with E-state index in [2.05, 4.69) is 19.9 Å². The fraction of sp³-hybridized carbons (Fsp3) is 0.667. The minimum Gasteiger partial charge on any atom is -0.375 e. The molecule has 0 aliphatic heterocycles. The van der Waals surface area contributed by atoms with Crippen molar-refractivity contribution in [2.24, 2.45) is 0 Å². The molecule has 7 heteroatoms. The summed E-state index contributed by atoms with van der Waals surface area (Å²) < 4.78 is 27.7. The minimum atomic E-state index is -2.46. The van der Waals surface area contributed by atoms with Crippen LogP contribution >= 0.6 is 0 Å². The highest BCUT2D eigenvalue weighted by Gasteiger charge is 2.02. The maximum Gasteiger partial charge on any atom is 0.340 e. The Labute approximate surface area is 72.1 Å². The van der Waals surface area contributed by atoms with Crippen molar-refractivity contribution in [1.29, 1.82) is 0 Å². The Bertz CT molecular complexity index is 296. The number of aromatic nitrogens is 3. The van der Waals surface area contributed by atoms with Crippen LogP contribution in [-0.2, 0) is 11.2 Å². The fourth-order valence-corrected chi connectivity index (χ4v) is 0.765. The van der Waals surface area contributed by atoms with E-state index in [4.69, 9.17) is 0 Å². The van der Waals surface area contributed by atoms with Crippen molar-refractivity contribution in [2.75, 3.05) is 13.2 Å². The van der Waals surface area contributed by atoms with Crippen molar-refractivity contribution in [3.8, 4) is 0 Å². The second-order valence-corrected chi connectivity index (χ2v) is 2.34. The lowest BCUT2D eigenvalue weighted by Gasteiger charge is -2.00. The molecule has 0 radical (unpaired) electrons. The van der Waals surface area contributed by atoms with Crippen LogP contribution in [0, 0.1) is 0 Å². The number of hydrogen-bond donors (Lipinski definition) is 2. The van der Waals surface area contributed by atoms with Gasteiger partial charge in [-0.05, 0) is 0 Å². The maximum atomic E-state index is 11.6. The second-order valence-electron chi connectivity index (χ2n) is 2.34. The van der Waals surface area contributed by atoms with Gasteiger partial charge in [0.15, 0.2) is 0 Å². The number of hydrogen-bond acceptors (Lipinski definition) is 3. The Balaban J connectivity index is 2.17. The topological polar surface area (TPSA) is 70.8 Å². The standard InChI is InChI=1S/C6H9F2N3O2/c7-4(8)3-13-2-1-5-9-6(12)11-10-5/h4H,1-3H2,(H2,9,10,11,12). The highest BCUT2D eigenvalue weighted by molar-refractivity contribution is 4.79. The number of aromatic amines is 2. The lowest BCUT2D eigenvalue weighted by molar-refractivity contribution is 0.0183. The van der Waals surface area contributed by atoms with Crippen LogP contribution in [0.2, 0.25) is 0 Å². The summed E-state index contributed by atoms with van der Waals surface area (Å²) in [5.74, 6) is 0.402. The summed E-state index contributed by atoms with van der Waals surface area (Å²) in [7, 11) is 0. The van der Waals surface area contributed by atoms with Crippen LogP contribution < -0.4 is 5.69 Å². The summed E-state index contributed by atoms with van der Waals surface area (Å²) in [6.07, 6.45) is -2.15. The first kappa shape index (κ1) is 9.85. The van der Waals surface area contributed by atoms with Gasteiger partial charge in [-0.15, -0.1) is 0 Å². The zero-order chi connectivity index (χ0) is 9.68. The van der Waals surface area contributed by atoms with Crippen LogP contribution in [0.1, 0.15) is 5.82 Å². The highest BCUT2D eigenvalue weighted by atomic mass is 19.3. The van der Waals surface area contributed by atoms with Gasteiger partial charge in [0, 0.05) is 6.42 Å². The molecular weight excluding hydrogens is 184 g/mol. The van der Waals surface area contributed by atoms with E-state index in [1.165, 1.54) is 0 Å². The quantitative estimate of drug-likeness (QED) is 0.642. The number of alkyl halides is 2. The number of nitrogens with one attached hydrogen (secondary N) is 2. The van der Waals surface area contributed by atoms with Gasteiger partial charge in [-0.1, -0.05) is 0 Å². The molecule has 1 heterocycles. The zero-order valence-electron chi connectivity index (χ0n) is 6.72. The third kappa shape index (κ3) is 3.79. The molecule has 0 saturated heterocycles. The van der Waals surface area contributed by atoms with E-state index in [1.807, 2.05) is 0 Å². The molecule has 0 amide bonds. The predicted molar refractivity (Wildman–Crippen MR) is 39.7 cm³/mol. The molecule has 0 aliphatic carbocycles. The van der Waals surface area contributed by atoms with E-state index >= 15 is 0 Å². The monoisotopic (exact) mass is 193 g/mol. The average molecular weight is 193 g/mol. The normalized spacial score (nSPS) is 11.0. The van der Waals surface area contributed by atoms with Gasteiger partial charge in [0.1, 0.15) is 12.4 Å². The summed E-state index contributed by atoms with van der Waals surface area (Å²) in [6, 6.07) is 0. The molecule has 0 bridgehead atoms. The van der Waals surface area contributed by atoms with E-state index < -0.39 is 18.7 Å². The van der Waals surface area contributed by atoms with Gasteiger partial charge in [0.05, 0.1) is 6.61 Å². The molecule has 0 aromatic carbocycles. The van der Waals surface area contributed by atoms with Gasteiger partial charge in [-0.3, -0.25) is 4.98 Å². The van der Waals surface area contributed by atoms with Crippen molar-refractivity contribution in [2.45, 2.75) is 12.8 Å². The van der Waals surface area contributed by atoms with E-state index in [-0.39, 0.29) is 6.61 Å².